The zero-order valence-electron chi connectivity index (χ0n) is 9.99. The zero-order chi connectivity index (χ0) is 11.6. The minimum absolute atomic E-state index is 0.127. The third-order valence-corrected chi connectivity index (χ3v) is 3.74. The molecule has 16 heavy (non-hydrogen) atoms. The first kappa shape index (κ1) is 11.1. The number of hydrogen-bond donors (Lipinski definition) is 0. The lowest BCUT2D eigenvalue weighted by Crippen LogP contribution is -2.27. The van der Waals surface area contributed by atoms with E-state index in [0.29, 0.717) is 5.78 Å². The summed E-state index contributed by atoms with van der Waals surface area (Å²) in [5, 5.41) is 0. The van der Waals surface area contributed by atoms with Gasteiger partial charge >= 0.3 is 0 Å². The van der Waals surface area contributed by atoms with Gasteiger partial charge in [0.15, 0.2) is 0 Å². The van der Waals surface area contributed by atoms with E-state index in [1.807, 2.05) is 6.07 Å². The van der Waals surface area contributed by atoms with Gasteiger partial charge in [-0.25, -0.2) is 0 Å². The van der Waals surface area contributed by atoms with Gasteiger partial charge in [0.25, 0.3) is 0 Å². The molecule has 1 heteroatoms. The molecule has 0 N–H and O–H groups in total. The second-order valence-electron chi connectivity index (χ2n) is 4.92. The van der Waals surface area contributed by atoms with E-state index in [9.17, 15) is 4.79 Å². The lowest BCUT2D eigenvalue weighted by molar-refractivity contribution is -0.126. The van der Waals surface area contributed by atoms with E-state index in [1.165, 1.54) is 11.1 Å². The predicted octanol–water partition coefficient (Wildman–Crippen LogP) is 3.85. The van der Waals surface area contributed by atoms with Crippen LogP contribution in [0.25, 0.3) is 5.57 Å². The SMILES string of the molecule is CC(=O)C1(C)CC=C(c2ccccc2)CC1. The van der Waals surface area contributed by atoms with Crippen LogP contribution >= 0.6 is 0 Å². The van der Waals surface area contributed by atoms with Crippen molar-refractivity contribution in [2.75, 3.05) is 0 Å². The standard InChI is InChI=1S/C15H18O/c1-12(16)15(2)10-8-14(9-11-15)13-6-4-3-5-7-13/h3-8H,9-11H2,1-2H3. The third-order valence-electron chi connectivity index (χ3n) is 3.74. The highest BCUT2D eigenvalue weighted by Crippen LogP contribution is 2.38. The van der Waals surface area contributed by atoms with Crippen LogP contribution in [-0.2, 0) is 4.79 Å². The van der Waals surface area contributed by atoms with Crippen molar-refractivity contribution in [1.82, 2.24) is 0 Å². The van der Waals surface area contributed by atoms with Crippen LogP contribution in [0.15, 0.2) is 36.4 Å². The smallest absolute Gasteiger partial charge is 0.136 e. The number of Topliss-reactive ketones (excluding diaryl/α,β-unsaturated/α-hetero) is 1. The molecule has 84 valence electrons. The van der Waals surface area contributed by atoms with E-state index in [0.717, 1.165) is 19.3 Å². The molecule has 0 bridgehead atoms. The normalized spacial score (nSPS) is 25.0. The molecule has 1 unspecified atom stereocenters. The molecule has 0 heterocycles. The maximum atomic E-state index is 11.5. The first-order valence-electron chi connectivity index (χ1n) is 5.87. The van der Waals surface area contributed by atoms with Gasteiger partial charge in [0.05, 0.1) is 0 Å². The monoisotopic (exact) mass is 214 g/mol. The molecule has 1 atom stereocenters. The molecule has 0 spiro atoms. The van der Waals surface area contributed by atoms with Crippen molar-refractivity contribution in [2.45, 2.75) is 33.1 Å². The fourth-order valence-electron chi connectivity index (χ4n) is 2.20. The van der Waals surface area contributed by atoms with Gasteiger partial charge in [-0.05, 0) is 37.3 Å². The average Bonchev–Trinajstić information content (AvgIpc) is 2.31. The summed E-state index contributed by atoms with van der Waals surface area (Å²) < 4.78 is 0. The molecule has 2 rings (SSSR count). The predicted molar refractivity (Wildman–Crippen MR) is 67.1 cm³/mol. The second kappa shape index (κ2) is 4.25. The molecule has 0 saturated carbocycles. The van der Waals surface area contributed by atoms with E-state index in [-0.39, 0.29) is 5.41 Å². The molecule has 1 aromatic carbocycles. The van der Waals surface area contributed by atoms with E-state index in [4.69, 9.17) is 0 Å². The third kappa shape index (κ3) is 2.08. The summed E-state index contributed by atoms with van der Waals surface area (Å²) >= 11 is 0. The van der Waals surface area contributed by atoms with Gasteiger partial charge in [-0.1, -0.05) is 43.3 Å². The van der Waals surface area contributed by atoms with Gasteiger partial charge in [-0.15, -0.1) is 0 Å². The van der Waals surface area contributed by atoms with Crippen molar-refractivity contribution in [3.8, 4) is 0 Å². The van der Waals surface area contributed by atoms with Crippen molar-refractivity contribution in [1.29, 1.82) is 0 Å². The first-order valence-corrected chi connectivity index (χ1v) is 5.87. The molecule has 1 nitrogen and oxygen atoms in total. The Labute approximate surface area is 97.2 Å². The van der Waals surface area contributed by atoms with Crippen LogP contribution in [0.1, 0.15) is 38.7 Å². The highest BCUT2D eigenvalue weighted by molar-refractivity contribution is 5.83. The highest BCUT2D eigenvalue weighted by Gasteiger charge is 2.31. The quantitative estimate of drug-likeness (QED) is 0.730. The van der Waals surface area contributed by atoms with E-state index >= 15 is 0 Å². The van der Waals surface area contributed by atoms with Gasteiger partial charge in [0.2, 0.25) is 0 Å². The second-order valence-corrected chi connectivity index (χ2v) is 4.92. The minimum Gasteiger partial charge on any atom is -0.299 e. The van der Waals surface area contributed by atoms with Gasteiger partial charge in [0.1, 0.15) is 5.78 Å². The Bertz CT molecular complexity index is 416. The molecule has 1 aromatic rings. The zero-order valence-corrected chi connectivity index (χ0v) is 9.99. The van der Waals surface area contributed by atoms with Crippen molar-refractivity contribution < 1.29 is 4.79 Å². The van der Waals surface area contributed by atoms with Gasteiger partial charge in [-0.3, -0.25) is 4.79 Å². The Hall–Kier alpha value is -1.37. The molecule has 0 fully saturated rings. The van der Waals surface area contributed by atoms with Crippen LogP contribution in [0.3, 0.4) is 0 Å². The van der Waals surface area contributed by atoms with Crippen LogP contribution in [0.5, 0.6) is 0 Å². The maximum Gasteiger partial charge on any atom is 0.136 e. The summed E-state index contributed by atoms with van der Waals surface area (Å²) in [5.74, 6) is 0.316. The Kier molecular flexibility index (Phi) is 2.95. The molecule has 1 aliphatic carbocycles. The van der Waals surface area contributed by atoms with Gasteiger partial charge < -0.3 is 0 Å². The summed E-state index contributed by atoms with van der Waals surface area (Å²) in [6, 6.07) is 10.4. The van der Waals surface area contributed by atoms with Crippen LogP contribution in [0, 0.1) is 5.41 Å². The molecule has 0 radical (unpaired) electrons. The summed E-state index contributed by atoms with van der Waals surface area (Å²) in [6.07, 6.45) is 5.11. The van der Waals surface area contributed by atoms with Crippen molar-refractivity contribution >= 4 is 11.4 Å². The minimum atomic E-state index is -0.127. The maximum absolute atomic E-state index is 11.5. The molecule has 0 amide bonds. The van der Waals surface area contributed by atoms with Gasteiger partial charge in [-0.2, -0.15) is 0 Å². The summed E-state index contributed by atoms with van der Waals surface area (Å²) in [4.78, 5) is 11.5. The highest BCUT2D eigenvalue weighted by atomic mass is 16.1. The number of hydrogen-bond acceptors (Lipinski definition) is 1. The van der Waals surface area contributed by atoms with Crippen LogP contribution in [-0.4, -0.2) is 5.78 Å². The number of ketones is 1. The first-order chi connectivity index (χ1) is 7.62. The van der Waals surface area contributed by atoms with Crippen LogP contribution in [0.2, 0.25) is 0 Å². The largest absolute Gasteiger partial charge is 0.299 e. The molecule has 1 aliphatic rings. The molecular weight excluding hydrogens is 196 g/mol. The lowest BCUT2D eigenvalue weighted by atomic mass is 9.73. The van der Waals surface area contributed by atoms with Crippen molar-refractivity contribution in [3.63, 3.8) is 0 Å². The summed E-state index contributed by atoms with van der Waals surface area (Å²) in [5.41, 5.74) is 2.56. The Balaban J connectivity index is 2.19. The summed E-state index contributed by atoms with van der Waals surface area (Å²) in [6.45, 7) is 3.79. The Morgan fingerprint density at radius 2 is 1.94 bits per heavy atom. The fourth-order valence-corrected chi connectivity index (χ4v) is 2.20. The van der Waals surface area contributed by atoms with E-state index in [2.05, 4.69) is 37.3 Å². The Morgan fingerprint density at radius 1 is 1.25 bits per heavy atom. The number of benzene rings is 1. The van der Waals surface area contributed by atoms with E-state index < -0.39 is 0 Å². The average molecular weight is 214 g/mol. The number of allylic oxidation sites excluding steroid dienone is 2. The molecule has 0 aliphatic heterocycles. The topological polar surface area (TPSA) is 17.1 Å². The van der Waals surface area contributed by atoms with Crippen LogP contribution < -0.4 is 0 Å². The van der Waals surface area contributed by atoms with Crippen LogP contribution in [0.4, 0.5) is 0 Å². The van der Waals surface area contributed by atoms with Crippen molar-refractivity contribution in [2.24, 2.45) is 5.41 Å². The molecule has 0 saturated heterocycles. The van der Waals surface area contributed by atoms with Gasteiger partial charge in [0, 0.05) is 5.41 Å². The lowest BCUT2D eigenvalue weighted by Gasteiger charge is -2.30. The summed E-state index contributed by atoms with van der Waals surface area (Å²) in [7, 11) is 0. The van der Waals surface area contributed by atoms with Crippen molar-refractivity contribution in [3.05, 3.63) is 42.0 Å². The van der Waals surface area contributed by atoms with E-state index in [1.54, 1.807) is 6.92 Å². The number of rotatable bonds is 2. The Morgan fingerprint density at radius 3 is 2.44 bits per heavy atom. The molecular formula is C15H18O. The fraction of sp³-hybridized carbons (Fsp3) is 0.400. The number of carbonyl (C=O) groups excluding carboxylic acids is 1. The molecule has 0 aromatic heterocycles. The number of carbonyl (C=O) groups is 1.